The van der Waals surface area contributed by atoms with Gasteiger partial charge in [-0.25, -0.2) is 9.18 Å². The molecule has 0 saturated heterocycles. The van der Waals surface area contributed by atoms with Crippen LogP contribution in [0.15, 0.2) is 48.5 Å². The quantitative estimate of drug-likeness (QED) is 0.312. The maximum Gasteiger partial charge on any atom is 0.432 e. The third-order valence-corrected chi connectivity index (χ3v) is 5.05. The Morgan fingerprint density at radius 3 is 2.03 bits per heavy atom. The fourth-order valence-electron chi connectivity index (χ4n) is 3.39. The van der Waals surface area contributed by atoms with Gasteiger partial charge in [0.05, 0.1) is 7.11 Å². The van der Waals surface area contributed by atoms with Crippen LogP contribution in [0.3, 0.4) is 0 Å². The molecule has 0 aromatic heterocycles. The van der Waals surface area contributed by atoms with Gasteiger partial charge in [0.15, 0.2) is 0 Å². The van der Waals surface area contributed by atoms with Gasteiger partial charge in [-0.05, 0) is 36.2 Å². The summed E-state index contributed by atoms with van der Waals surface area (Å²) in [6.45, 7) is 0.961. The van der Waals surface area contributed by atoms with E-state index in [2.05, 4.69) is 15.4 Å². The van der Waals surface area contributed by atoms with E-state index in [9.17, 15) is 45.1 Å². The summed E-state index contributed by atoms with van der Waals surface area (Å²) in [5.74, 6) is -6.07. The maximum atomic E-state index is 14.8. The molecule has 1 atom stereocenters. The molecule has 0 radical (unpaired) electrons. The van der Waals surface area contributed by atoms with Crippen LogP contribution in [0.1, 0.15) is 35.2 Å². The van der Waals surface area contributed by atoms with Crippen LogP contribution in [0.4, 0.5) is 42.1 Å². The number of carbonyl (C=O) groups excluding carboxylic acids is 3. The molecule has 2 amide bonds. The number of rotatable bonds is 6. The fraction of sp³-hybridized carbons (Fsp3) is 0.318. The molecule has 0 saturated carbocycles. The van der Waals surface area contributed by atoms with Crippen LogP contribution >= 0.6 is 0 Å². The van der Waals surface area contributed by atoms with E-state index < -0.39 is 59.4 Å². The number of esters is 1. The number of carbonyl (C=O) groups is 3. The molecule has 35 heavy (non-hydrogen) atoms. The van der Waals surface area contributed by atoms with Gasteiger partial charge in [-0.2, -0.15) is 26.3 Å². The number of ether oxygens (including phenoxy) is 1. The Kier molecular flexibility index (Phi) is 8.14. The van der Waals surface area contributed by atoms with E-state index >= 15 is 0 Å². The first-order chi connectivity index (χ1) is 16.2. The molecule has 0 spiro atoms. The van der Waals surface area contributed by atoms with E-state index in [0.29, 0.717) is 0 Å². The van der Waals surface area contributed by atoms with E-state index in [4.69, 9.17) is 0 Å². The SMILES string of the molecule is CCC(c1ccccc1NC(=O)c1cccc(NC(=O)C(=O)OC)c1)C(F)(C(F)(F)F)C(F)(F)F. The topological polar surface area (TPSA) is 84.5 Å². The van der Waals surface area contributed by atoms with Gasteiger partial charge in [0.2, 0.25) is 0 Å². The van der Waals surface area contributed by atoms with Crippen molar-refractivity contribution in [1.82, 2.24) is 0 Å². The van der Waals surface area contributed by atoms with Gasteiger partial charge in [-0.3, -0.25) is 9.59 Å². The molecular weight excluding hydrogens is 489 g/mol. The van der Waals surface area contributed by atoms with Gasteiger partial charge < -0.3 is 15.4 Å². The minimum atomic E-state index is -6.28. The molecule has 0 fully saturated rings. The number of hydrogen-bond acceptors (Lipinski definition) is 4. The lowest BCUT2D eigenvalue weighted by Crippen LogP contribution is -2.57. The summed E-state index contributed by atoms with van der Waals surface area (Å²) in [6, 6.07) is 9.18. The molecule has 1 unspecified atom stereocenters. The molecule has 0 bridgehead atoms. The number of nitrogens with one attached hydrogen (secondary N) is 2. The first kappa shape index (κ1) is 27.6. The van der Waals surface area contributed by atoms with Crippen LogP contribution in [0.25, 0.3) is 0 Å². The van der Waals surface area contributed by atoms with Crippen molar-refractivity contribution < 1.29 is 49.9 Å². The number of para-hydroxylation sites is 1. The lowest BCUT2D eigenvalue weighted by molar-refractivity contribution is -0.349. The third kappa shape index (κ3) is 5.72. The summed E-state index contributed by atoms with van der Waals surface area (Å²) in [4.78, 5) is 35.5. The molecule has 2 rings (SSSR count). The third-order valence-electron chi connectivity index (χ3n) is 5.05. The first-order valence-electron chi connectivity index (χ1n) is 9.89. The van der Waals surface area contributed by atoms with Crippen LogP contribution < -0.4 is 10.6 Å². The molecule has 0 aliphatic heterocycles. The summed E-state index contributed by atoms with van der Waals surface area (Å²) < 4.78 is 99.2. The fourth-order valence-corrected chi connectivity index (χ4v) is 3.39. The van der Waals surface area contributed by atoms with Gasteiger partial charge >= 0.3 is 29.9 Å². The normalized spacial score (nSPS) is 13.1. The van der Waals surface area contributed by atoms with Crippen LogP contribution in [0.2, 0.25) is 0 Å². The minimum Gasteiger partial charge on any atom is -0.462 e. The lowest BCUT2D eigenvalue weighted by Gasteiger charge is -2.37. The van der Waals surface area contributed by atoms with Crippen molar-refractivity contribution in [3.8, 4) is 0 Å². The Hall–Kier alpha value is -3.64. The van der Waals surface area contributed by atoms with Crippen molar-refractivity contribution >= 4 is 29.2 Å². The van der Waals surface area contributed by atoms with E-state index in [1.54, 1.807) is 0 Å². The second-order valence-corrected chi connectivity index (χ2v) is 7.24. The summed E-state index contributed by atoms with van der Waals surface area (Å²) in [6.07, 6.45) is -13.5. The zero-order valence-corrected chi connectivity index (χ0v) is 18.2. The smallest absolute Gasteiger partial charge is 0.432 e. The second-order valence-electron chi connectivity index (χ2n) is 7.24. The van der Waals surface area contributed by atoms with Crippen molar-refractivity contribution in [3.05, 3.63) is 59.7 Å². The van der Waals surface area contributed by atoms with Gasteiger partial charge in [0.25, 0.3) is 5.91 Å². The standard InChI is InChI=1S/C22H19F7N2O4/c1-3-15(20(23,21(24,25)26)22(27,28)29)14-9-4-5-10-16(14)31-17(32)12-7-6-8-13(11-12)30-18(33)19(34)35-2/h4-11,15H,3H2,1-2H3,(H,30,33)(H,31,32). The Labute approximate surface area is 194 Å². The monoisotopic (exact) mass is 508 g/mol. The average Bonchev–Trinajstić information content (AvgIpc) is 2.78. The van der Waals surface area contributed by atoms with Crippen LogP contribution in [-0.4, -0.2) is 42.9 Å². The highest BCUT2D eigenvalue weighted by molar-refractivity contribution is 6.37. The summed E-state index contributed by atoms with van der Waals surface area (Å²) >= 11 is 0. The molecule has 0 heterocycles. The number of hydrogen-bond donors (Lipinski definition) is 2. The van der Waals surface area contributed by atoms with Crippen LogP contribution in [-0.2, 0) is 14.3 Å². The van der Waals surface area contributed by atoms with Crippen LogP contribution in [0.5, 0.6) is 0 Å². The molecule has 0 aliphatic carbocycles. The Morgan fingerprint density at radius 1 is 0.886 bits per heavy atom. The molecule has 13 heteroatoms. The molecule has 0 aliphatic rings. The Morgan fingerprint density at radius 2 is 1.49 bits per heavy atom. The predicted octanol–water partition coefficient (Wildman–Crippen LogP) is 5.38. The van der Waals surface area contributed by atoms with E-state index in [1.807, 2.05) is 0 Å². The highest BCUT2D eigenvalue weighted by Crippen LogP contribution is 2.55. The van der Waals surface area contributed by atoms with Gasteiger partial charge in [0.1, 0.15) is 0 Å². The molecule has 2 N–H and O–H groups in total. The molecule has 6 nitrogen and oxygen atoms in total. The predicted molar refractivity (Wildman–Crippen MR) is 110 cm³/mol. The summed E-state index contributed by atoms with van der Waals surface area (Å²) in [7, 11) is 0.969. The Bertz CT molecular complexity index is 1090. The van der Waals surface area contributed by atoms with Crippen molar-refractivity contribution in [3.63, 3.8) is 0 Å². The van der Waals surface area contributed by atoms with E-state index in [0.717, 1.165) is 38.3 Å². The minimum absolute atomic E-state index is 0.0234. The zero-order chi connectivity index (χ0) is 26.6. The highest BCUT2D eigenvalue weighted by Gasteiger charge is 2.75. The molecule has 2 aromatic rings. The number of amides is 2. The highest BCUT2D eigenvalue weighted by atomic mass is 19.4. The van der Waals surface area contributed by atoms with E-state index in [-0.39, 0.29) is 11.3 Å². The van der Waals surface area contributed by atoms with Crippen molar-refractivity contribution in [1.29, 1.82) is 0 Å². The number of alkyl halides is 7. The zero-order valence-electron chi connectivity index (χ0n) is 18.2. The van der Waals surface area contributed by atoms with Gasteiger partial charge in [-0.1, -0.05) is 31.2 Å². The summed E-state index contributed by atoms with van der Waals surface area (Å²) in [5, 5.41) is 4.34. The number of halogens is 7. The van der Waals surface area contributed by atoms with Crippen molar-refractivity contribution in [2.75, 3.05) is 17.7 Å². The number of benzene rings is 2. The molecular formula is C22H19F7N2O4. The number of methoxy groups -OCH3 is 1. The molecule has 2 aromatic carbocycles. The maximum absolute atomic E-state index is 14.8. The average molecular weight is 508 g/mol. The number of anilines is 2. The summed E-state index contributed by atoms with van der Waals surface area (Å²) in [5.41, 5.74) is -6.95. The Balaban J connectivity index is 2.43. The largest absolute Gasteiger partial charge is 0.462 e. The first-order valence-corrected chi connectivity index (χ1v) is 9.89. The molecule has 190 valence electrons. The van der Waals surface area contributed by atoms with Crippen molar-refractivity contribution in [2.45, 2.75) is 37.3 Å². The van der Waals surface area contributed by atoms with Gasteiger partial charge in [0, 0.05) is 22.9 Å². The lowest BCUT2D eigenvalue weighted by atomic mass is 9.79. The van der Waals surface area contributed by atoms with Crippen LogP contribution in [0, 0.1) is 0 Å². The van der Waals surface area contributed by atoms with E-state index in [1.165, 1.54) is 24.3 Å². The second kappa shape index (κ2) is 10.3. The van der Waals surface area contributed by atoms with Gasteiger partial charge in [-0.15, -0.1) is 0 Å². The van der Waals surface area contributed by atoms with Crippen molar-refractivity contribution in [2.24, 2.45) is 0 Å².